The first-order valence-corrected chi connectivity index (χ1v) is 12.9. The number of nitrogens with one attached hydrogen (secondary N) is 1. The number of Topliss-reactive ketones (excluding diaryl/α,β-unsaturated/α-hetero) is 1. The molecular weight excluding hydrogens is 452 g/mol. The lowest BCUT2D eigenvalue weighted by Crippen LogP contribution is -2.52. The lowest BCUT2D eigenvalue weighted by atomic mass is 9.73. The molecule has 1 aliphatic carbocycles. The van der Waals surface area contributed by atoms with Gasteiger partial charge in [0.25, 0.3) is 0 Å². The fourth-order valence-electron chi connectivity index (χ4n) is 5.82. The maximum absolute atomic E-state index is 13.7. The van der Waals surface area contributed by atoms with Gasteiger partial charge < -0.3 is 20.2 Å². The first-order valence-electron chi connectivity index (χ1n) is 12.9. The van der Waals surface area contributed by atoms with Crippen molar-refractivity contribution in [3.8, 4) is 0 Å². The van der Waals surface area contributed by atoms with E-state index in [4.69, 9.17) is 0 Å². The molecular formula is C29H36N4O3. The number of amides is 1. The summed E-state index contributed by atoms with van der Waals surface area (Å²) in [5.74, 6) is 0.201. The highest BCUT2D eigenvalue weighted by atomic mass is 16.3. The molecule has 36 heavy (non-hydrogen) atoms. The van der Waals surface area contributed by atoms with Crippen molar-refractivity contribution in [2.45, 2.75) is 32.7 Å². The molecule has 2 N–H and O–H groups in total. The zero-order valence-electron chi connectivity index (χ0n) is 21.2. The smallest absolute Gasteiger partial charge is 0.242 e. The Morgan fingerprint density at radius 3 is 2.42 bits per heavy atom. The van der Waals surface area contributed by atoms with Crippen LogP contribution >= 0.6 is 0 Å². The van der Waals surface area contributed by atoms with Crippen LogP contribution in [0.1, 0.15) is 38.3 Å². The number of hydrogen-bond acceptors (Lipinski definition) is 6. The number of piperazine rings is 1. The number of carbonyl (C=O) groups is 2. The van der Waals surface area contributed by atoms with E-state index in [0.29, 0.717) is 26.1 Å². The van der Waals surface area contributed by atoms with Crippen LogP contribution in [-0.2, 0) is 9.59 Å². The third-order valence-corrected chi connectivity index (χ3v) is 7.57. The molecule has 3 aliphatic rings. The van der Waals surface area contributed by atoms with Crippen molar-refractivity contribution in [2.75, 3.05) is 56.1 Å². The van der Waals surface area contributed by atoms with Crippen molar-refractivity contribution in [3.05, 3.63) is 71.4 Å². The molecule has 0 radical (unpaired) electrons. The second-order valence-electron chi connectivity index (χ2n) is 10.9. The van der Waals surface area contributed by atoms with Gasteiger partial charge in [-0.05, 0) is 29.5 Å². The summed E-state index contributed by atoms with van der Waals surface area (Å²) < 4.78 is 0. The number of hydrogen-bond donors (Lipinski definition) is 2. The molecule has 0 unspecified atom stereocenters. The normalized spacial score (nSPS) is 22.0. The number of carbonyl (C=O) groups excluding carboxylic acids is 2. The summed E-state index contributed by atoms with van der Waals surface area (Å²) in [4.78, 5) is 33.6. The highest BCUT2D eigenvalue weighted by Gasteiger charge is 2.42. The Bertz CT molecular complexity index is 1150. The second-order valence-corrected chi connectivity index (χ2v) is 10.9. The minimum absolute atomic E-state index is 0.0574. The van der Waals surface area contributed by atoms with Crippen molar-refractivity contribution < 1.29 is 14.7 Å². The molecule has 1 atom stereocenters. The Hall–Kier alpha value is -3.16. The molecule has 0 bridgehead atoms. The van der Waals surface area contributed by atoms with Crippen LogP contribution in [0.3, 0.4) is 0 Å². The summed E-state index contributed by atoms with van der Waals surface area (Å²) in [5.41, 5.74) is 4.48. The van der Waals surface area contributed by atoms with Crippen LogP contribution in [0, 0.1) is 5.41 Å². The number of anilines is 2. The van der Waals surface area contributed by atoms with E-state index in [9.17, 15) is 14.7 Å². The Morgan fingerprint density at radius 1 is 1.00 bits per heavy atom. The van der Waals surface area contributed by atoms with E-state index < -0.39 is 0 Å². The number of nitrogens with zero attached hydrogens (tertiary/aromatic N) is 3. The van der Waals surface area contributed by atoms with E-state index in [1.807, 2.05) is 47.4 Å². The number of β-amino-alcohol motifs (C(OH)–C–C–N with tert-alkyl or cyclic N) is 1. The van der Waals surface area contributed by atoms with Crippen molar-refractivity contribution in [2.24, 2.45) is 5.41 Å². The quantitative estimate of drug-likeness (QED) is 0.672. The average molecular weight is 489 g/mol. The highest BCUT2D eigenvalue weighted by Crippen LogP contribution is 2.48. The molecule has 190 valence electrons. The van der Waals surface area contributed by atoms with Crippen molar-refractivity contribution in [1.82, 2.24) is 9.80 Å². The van der Waals surface area contributed by atoms with Crippen LogP contribution in [0.2, 0.25) is 0 Å². The van der Waals surface area contributed by atoms with Gasteiger partial charge in [-0.15, -0.1) is 0 Å². The van der Waals surface area contributed by atoms with Gasteiger partial charge in [-0.3, -0.25) is 14.5 Å². The SMILES string of the molecule is CC1(C)CC(=O)C2=C(C1)Nc1ccccc1N(CC(=O)N1CCN(CCO)CC1)[C@H]2c1ccccc1. The van der Waals surface area contributed by atoms with Gasteiger partial charge in [0.2, 0.25) is 5.91 Å². The van der Waals surface area contributed by atoms with Gasteiger partial charge in [0.1, 0.15) is 0 Å². The zero-order valence-corrected chi connectivity index (χ0v) is 21.2. The zero-order chi connectivity index (χ0) is 25.3. The molecule has 0 spiro atoms. The van der Waals surface area contributed by atoms with Gasteiger partial charge in [-0.2, -0.15) is 0 Å². The second kappa shape index (κ2) is 10.1. The van der Waals surface area contributed by atoms with Crippen LogP contribution in [-0.4, -0.2) is 72.5 Å². The summed E-state index contributed by atoms with van der Waals surface area (Å²) >= 11 is 0. The van der Waals surface area contributed by atoms with E-state index in [0.717, 1.165) is 47.7 Å². The summed E-state index contributed by atoms with van der Waals surface area (Å²) in [6.45, 7) is 8.04. The minimum atomic E-state index is -0.347. The van der Waals surface area contributed by atoms with Crippen LogP contribution in [0.15, 0.2) is 65.9 Å². The third kappa shape index (κ3) is 4.90. The van der Waals surface area contributed by atoms with Gasteiger partial charge >= 0.3 is 0 Å². The first-order chi connectivity index (χ1) is 17.4. The largest absolute Gasteiger partial charge is 0.395 e. The first kappa shape index (κ1) is 24.5. The molecule has 2 heterocycles. The summed E-state index contributed by atoms with van der Waals surface area (Å²) in [6.07, 6.45) is 1.27. The fourth-order valence-corrected chi connectivity index (χ4v) is 5.82. The van der Waals surface area contributed by atoms with Crippen LogP contribution < -0.4 is 10.2 Å². The number of aliphatic hydroxyl groups is 1. The Labute approximate surface area is 213 Å². The lowest BCUT2D eigenvalue weighted by molar-refractivity contribution is -0.131. The monoisotopic (exact) mass is 488 g/mol. The van der Waals surface area contributed by atoms with Crippen LogP contribution in [0.5, 0.6) is 0 Å². The molecule has 1 amide bonds. The van der Waals surface area contributed by atoms with Gasteiger partial charge in [0, 0.05) is 50.4 Å². The number of para-hydroxylation sites is 2. The van der Waals surface area contributed by atoms with E-state index in [1.54, 1.807) is 0 Å². The molecule has 0 saturated carbocycles. The van der Waals surface area contributed by atoms with Gasteiger partial charge in [0.15, 0.2) is 5.78 Å². The Morgan fingerprint density at radius 2 is 1.69 bits per heavy atom. The van der Waals surface area contributed by atoms with Gasteiger partial charge in [0.05, 0.1) is 30.6 Å². The maximum atomic E-state index is 13.7. The van der Waals surface area contributed by atoms with Crippen molar-refractivity contribution >= 4 is 23.1 Å². The molecule has 7 nitrogen and oxygen atoms in total. The molecule has 2 aliphatic heterocycles. The lowest BCUT2D eigenvalue weighted by Gasteiger charge is -2.39. The molecule has 1 saturated heterocycles. The van der Waals surface area contributed by atoms with Crippen LogP contribution in [0.4, 0.5) is 11.4 Å². The van der Waals surface area contributed by atoms with E-state index in [2.05, 4.69) is 41.1 Å². The number of benzene rings is 2. The van der Waals surface area contributed by atoms with Crippen molar-refractivity contribution in [1.29, 1.82) is 0 Å². The number of aliphatic hydroxyl groups excluding tert-OH is 1. The third-order valence-electron chi connectivity index (χ3n) is 7.57. The Balaban J connectivity index is 1.55. The number of rotatable bonds is 5. The minimum Gasteiger partial charge on any atom is -0.395 e. The maximum Gasteiger partial charge on any atom is 0.242 e. The topological polar surface area (TPSA) is 76.1 Å². The van der Waals surface area contributed by atoms with Crippen LogP contribution in [0.25, 0.3) is 0 Å². The molecule has 0 aromatic heterocycles. The van der Waals surface area contributed by atoms with Gasteiger partial charge in [-0.1, -0.05) is 56.3 Å². The molecule has 5 rings (SSSR count). The van der Waals surface area contributed by atoms with E-state index >= 15 is 0 Å². The number of ketones is 1. The van der Waals surface area contributed by atoms with Crippen molar-refractivity contribution in [3.63, 3.8) is 0 Å². The summed E-state index contributed by atoms with van der Waals surface area (Å²) in [5, 5.41) is 12.9. The Kier molecular flexibility index (Phi) is 6.86. The van der Waals surface area contributed by atoms with E-state index in [1.165, 1.54) is 0 Å². The predicted molar refractivity (Wildman–Crippen MR) is 142 cm³/mol. The molecule has 7 heteroatoms. The average Bonchev–Trinajstić information content (AvgIpc) is 2.99. The molecule has 2 aromatic rings. The highest BCUT2D eigenvalue weighted by molar-refractivity contribution is 6.01. The summed E-state index contributed by atoms with van der Waals surface area (Å²) in [7, 11) is 0. The number of fused-ring (bicyclic) bond motifs is 1. The van der Waals surface area contributed by atoms with Gasteiger partial charge in [-0.25, -0.2) is 0 Å². The fraction of sp³-hybridized carbons (Fsp3) is 0.448. The molecule has 1 fully saturated rings. The standard InChI is InChI=1S/C29H36N4O3/c1-29(2)18-23-27(25(35)19-29)28(21-8-4-3-5-9-21)33(24-11-7-6-10-22(24)30-23)20-26(36)32-14-12-31(13-15-32)16-17-34/h3-11,28,30,34H,12-20H2,1-2H3/t28-/m0/s1. The predicted octanol–water partition coefficient (Wildman–Crippen LogP) is 3.44. The van der Waals surface area contributed by atoms with E-state index in [-0.39, 0.29) is 36.3 Å². The summed E-state index contributed by atoms with van der Waals surface area (Å²) in [6, 6.07) is 17.8. The molecule has 2 aromatic carbocycles. The number of allylic oxidation sites excluding steroid dienone is 1.